The lowest BCUT2D eigenvalue weighted by molar-refractivity contribution is 0.281. The molecule has 0 aliphatic rings. The first-order valence-corrected chi connectivity index (χ1v) is 4.95. The van der Waals surface area contributed by atoms with Crippen LogP contribution in [0.2, 0.25) is 0 Å². The normalized spacial score (nSPS) is 12.0. The van der Waals surface area contributed by atoms with Gasteiger partial charge in [0.1, 0.15) is 11.5 Å². The topological polar surface area (TPSA) is 45.4 Å². The van der Waals surface area contributed by atoms with Crippen molar-refractivity contribution in [3.8, 4) is 0 Å². The van der Waals surface area contributed by atoms with E-state index in [4.69, 9.17) is 9.52 Å². The number of nitrogens with one attached hydrogen (secondary N) is 1. The number of hydrogen-bond acceptors (Lipinski definition) is 3. The highest BCUT2D eigenvalue weighted by Gasteiger charge is 2.23. The first-order valence-electron chi connectivity index (χ1n) is 4.95. The van der Waals surface area contributed by atoms with Crippen molar-refractivity contribution in [1.82, 2.24) is 5.32 Å². The van der Waals surface area contributed by atoms with E-state index in [0.717, 1.165) is 18.1 Å². The second-order valence-corrected chi connectivity index (χ2v) is 4.19. The average Bonchev–Trinajstić information content (AvgIpc) is 2.53. The van der Waals surface area contributed by atoms with Crippen molar-refractivity contribution in [2.75, 3.05) is 19.7 Å². The maximum Gasteiger partial charge on any atom is 0.111 e. The Hall–Kier alpha value is -0.800. The minimum Gasteiger partial charge on any atom is -0.466 e. The Morgan fingerprint density at radius 3 is 2.64 bits per heavy atom. The maximum absolute atomic E-state index is 8.65. The van der Waals surface area contributed by atoms with E-state index in [0.29, 0.717) is 6.54 Å². The zero-order valence-corrected chi connectivity index (χ0v) is 9.13. The summed E-state index contributed by atoms with van der Waals surface area (Å²) in [5, 5.41) is 11.8. The molecule has 0 aliphatic carbocycles. The Morgan fingerprint density at radius 2 is 2.14 bits per heavy atom. The van der Waals surface area contributed by atoms with Crippen molar-refractivity contribution < 1.29 is 9.52 Å². The molecule has 14 heavy (non-hydrogen) atoms. The van der Waals surface area contributed by atoms with Crippen molar-refractivity contribution in [2.24, 2.45) is 0 Å². The Morgan fingerprint density at radius 1 is 1.43 bits per heavy atom. The quantitative estimate of drug-likeness (QED) is 0.702. The molecule has 2 N–H and O–H groups in total. The largest absolute Gasteiger partial charge is 0.466 e. The van der Waals surface area contributed by atoms with Gasteiger partial charge in [0, 0.05) is 18.5 Å². The number of aliphatic hydroxyl groups excluding tert-OH is 1. The van der Waals surface area contributed by atoms with Gasteiger partial charge in [-0.3, -0.25) is 0 Å². The highest BCUT2D eigenvalue weighted by atomic mass is 16.3. The van der Waals surface area contributed by atoms with Gasteiger partial charge in [0.2, 0.25) is 0 Å². The van der Waals surface area contributed by atoms with Gasteiger partial charge in [0.25, 0.3) is 0 Å². The van der Waals surface area contributed by atoms with Crippen LogP contribution in [0, 0.1) is 6.92 Å². The second-order valence-electron chi connectivity index (χ2n) is 4.19. The molecule has 0 atom stereocenters. The molecule has 0 aromatic carbocycles. The third-order valence-electron chi connectivity index (χ3n) is 2.26. The van der Waals surface area contributed by atoms with Crippen LogP contribution in [0.1, 0.15) is 25.4 Å². The number of aliphatic hydroxyl groups is 1. The van der Waals surface area contributed by atoms with Gasteiger partial charge in [0.15, 0.2) is 0 Å². The fraction of sp³-hybridized carbons (Fsp3) is 0.636. The Bertz CT molecular complexity index is 279. The van der Waals surface area contributed by atoms with Crippen LogP contribution in [0.4, 0.5) is 0 Å². The summed E-state index contributed by atoms with van der Waals surface area (Å²) < 4.78 is 5.58. The summed E-state index contributed by atoms with van der Waals surface area (Å²) in [5.41, 5.74) is -0.0244. The summed E-state index contributed by atoms with van der Waals surface area (Å²) in [5.74, 6) is 1.93. The van der Waals surface area contributed by atoms with Crippen LogP contribution in [-0.4, -0.2) is 24.8 Å². The number of rotatable bonds is 5. The smallest absolute Gasteiger partial charge is 0.111 e. The maximum atomic E-state index is 8.65. The minimum absolute atomic E-state index is 0.0244. The molecule has 0 spiro atoms. The van der Waals surface area contributed by atoms with E-state index < -0.39 is 0 Å². The van der Waals surface area contributed by atoms with Crippen molar-refractivity contribution in [1.29, 1.82) is 0 Å². The molecule has 0 bridgehead atoms. The Balaban J connectivity index is 2.56. The molecule has 0 aliphatic heterocycles. The number of aryl methyl sites for hydroxylation is 1. The molecule has 0 radical (unpaired) electrons. The molecule has 0 unspecified atom stereocenters. The lowest BCUT2D eigenvalue weighted by Crippen LogP contribution is -2.34. The molecule has 0 saturated carbocycles. The van der Waals surface area contributed by atoms with E-state index in [1.807, 2.05) is 19.1 Å². The van der Waals surface area contributed by atoms with E-state index in [1.54, 1.807) is 0 Å². The van der Waals surface area contributed by atoms with E-state index in [2.05, 4.69) is 19.2 Å². The third kappa shape index (κ3) is 2.86. The highest BCUT2D eigenvalue weighted by molar-refractivity contribution is 5.15. The number of furan rings is 1. The SMILES string of the molecule is Cc1ccc(C(C)(C)CNCCO)o1. The lowest BCUT2D eigenvalue weighted by atomic mass is 9.90. The molecular weight excluding hydrogens is 178 g/mol. The van der Waals surface area contributed by atoms with E-state index in [-0.39, 0.29) is 12.0 Å². The van der Waals surface area contributed by atoms with Gasteiger partial charge in [-0.25, -0.2) is 0 Å². The third-order valence-corrected chi connectivity index (χ3v) is 2.26. The molecule has 0 saturated heterocycles. The van der Waals surface area contributed by atoms with Gasteiger partial charge in [-0.1, -0.05) is 13.8 Å². The molecule has 80 valence electrons. The van der Waals surface area contributed by atoms with Crippen LogP contribution in [0.5, 0.6) is 0 Å². The van der Waals surface area contributed by atoms with Crippen LogP contribution in [0.3, 0.4) is 0 Å². The number of hydrogen-bond donors (Lipinski definition) is 2. The fourth-order valence-corrected chi connectivity index (χ4v) is 1.37. The average molecular weight is 197 g/mol. The van der Waals surface area contributed by atoms with E-state index in [1.165, 1.54) is 0 Å². The lowest BCUT2D eigenvalue weighted by Gasteiger charge is -2.22. The van der Waals surface area contributed by atoms with Crippen LogP contribution >= 0.6 is 0 Å². The summed E-state index contributed by atoms with van der Waals surface area (Å²) in [4.78, 5) is 0. The van der Waals surface area contributed by atoms with Crippen LogP contribution in [0.15, 0.2) is 16.5 Å². The zero-order valence-electron chi connectivity index (χ0n) is 9.13. The summed E-state index contributed by atoms with van der Waals surface area (Å²) in [6.07, 6.45) is 0. The molecule has 3 heteroatoms. The van der Waals surface area contributed by atoms with Gasteiger partial charge < -0.3 is 14.8 Å². The molecular formula is C11H19NO2. The summed E-state index contributed by atoms with van der Waals surface area (Å²) in [7, 11) is 0. The van der Waals surface area contributed by atoms with Gasteiger partial charge in [-0.05, 0) is 19.1 Å². The Labute approximate surface area is 85.1 Å². The zero-order chi connectivity index (χ0) is 10.6. The van der Waals surface area contributed by atoms with Crippen molar-refractivity contribution in [3.63, 3.8) is 0 Å². The minimum atomic E-state index is -0.0244. The van der Waals surface area contributed by atoms with E-state index >= 15 is 0 Å². The van der Waals surface area contributed by atoms with Crippen LogP contribution in [-0.2, 0) is 5.41 Å². The summed E-state index contributed by atoms with van der Waals surface area (Å²) >= 11 is 0. The molecule has 1 rings (SSSR count). The standard InChI is InChI=1S/C11H19NO2/c1-9-4-5-10(14-9)11(2,3)8-12-6-7-13/h4-5,12-13H,6-8H2,1-3H3. The first kappa shape index (κ1) is 11.3. The van der Waals surface area contributed by atoms with Gasteiger partial charge in [-0.15, -0.1) is 0 Å². The van der Waals surface area contributed by atoms with Crippen LogP contribution in [0.25, 0.3) is 0 Å². The predicted molar refractivity (Wildman–Crippen MR) is 56.4 cm³/mol. The summed E-state index contributed by atoms with van der Waals surface area (Å²) in [6.45, 7) is 7.79. The van der Waals surface area contributed by atoms with Crippen molar-refractivity contribution >= 4 is 0 Å². The molecule has 0 fully saturated rings. The molecule has 1 aromatic rings. The van der Waals surface area contributed by atoms with Gasteiger partial charge in [0.05, 0.1) is 6.61 Å². The molecule has 0 amide bonds. The van der Waals surface area contributed by atoms with Crippen molar-refractivity contribution in [3.05, 3.63) is 23.7 Å². The molecule has 1 heterocycles. The van der Waals surface area contributed by atoms with Crippen LogP contribution < -0.4 is 5.32 Å². The fourth-order valence-electron chi connectivity index (χ4n) is 1.37. The summed E-state index contributed by atoms with van der Waals surface area (Å²) in [6, 6.07) is 3.99. The molecule has 1 aromatic heterocycles. The van der Waals surface area contributed by atoms with Gasteiger partial charge >= 0.3 is 0 Å². The Kier molecular flexibility index (Phi) is 3.72. The van der Waals surface area contributed by atoms with E-state index in [9.17, 15) is 0 Å². The van der Waals surface area contributed by atoms with Gasteiger partial charge in [-0.2, -0.15) is 0 Å². The van der Waals surface area contributed by atoms with Crippen molar-refractivity contribution in [2.45, 2.75) is 26.2 Å². The monoisotopic (exact) mass is 197 g/mol. The second kappa shape index (κ2) is 4.62. The first-order chi connectivity index (χ1) is 6.56. The molecule has 3 nitrogen and oxygen atoms in total. The predicted octanol–water partition coefficient (Wildman–Crippen LogP) is 1.45. The highest BCUT2D eigenvalue weighted by Crippen LogP contribution is 2.23.